The summed E-state index contributed by atoms with van der Waals surface area (Å²) in [6.45, 7) is 8.80. The molecular formula is C19H20N6. The van der Waals surface area contributed by atoms with Crippen molar-refractivity contribution < 1.29 is 0 Å². The number of nitrogens with zero attached hydrogens (tertiary/aromatic N) is 5. The molecule has 0 radical (unpaired) electrons. The Morgan fingerprint density at radius 2 is 2.04 bits per heavy atom. The number of fused-ring (bicyclic) bond motifs is 1. The van der Waals surface area contributed by atoms with Crippen molar-refractivity contribution in [1.82, 2.24) is 20.0 Å². The predicted octanol–water partition coefficient (Wildman–Crippen LogP) is 3.36. The fraction of sp³-hybridized carbons (Fsp3) is 0.316. The second kappa shape index (κ2) is 6.44. The Kier molecular flexibility index (Phi) is 3.98. The van der Waals surface area contributed by atoms with Gasteiger partial charge >= 0.3 is 0 Å². The minimum absolute atomic E-state index is 0.445. The van der Waals surface area contributed by atoms with Crippen molar-refractivity contribution in [3.63, 3.8) is 0 Å². The molecular weight excluding hydrogens is 312 g/mol. The van der Waals surface area contributed by atoms with Crippen LogP contribution in [0.15, 0.2) is 43.0 Å². The zero-order chi connectivity index (χ0) is 17.2. The Morgan fingerprint density at radius 1 is 1.28 bits per heavy atom. The Bertz CT molecular complexity index is 903. The summed E-state index contributed by atoms with van der Waals surface area (Å²) in [5, 5.41) is 2.94. The molecule has 1 saturated heterocycles. The lowest BCUT2D eigenvalue weighted by molar-refractivity contribution is 0.277. The van der Waals surface area contributed by atoms with Crippen LogP contribution in [0.4, 0.5) is 5.69 Å². The van der Waals surface area contributed by atoms with Crippen LogP contribution in [0.1, 0.15) is 12.8 Å². The van der Waals surface area contributed by atoms with E-state index in [4.69, 9.17) is 6.57 Å². The Labute approximate surface area is 146 Å². The van der Waals surface area contributed by atoms with E-state index in [1.807, 2.05) is 41.9 Å². The number of piperidine rings is 1. The number of rotatable bonds is 3. The van der Waals surface area contributed by atoms with Crippen LogP contribution in [-0.2, 0) is 0 Å². The molecule has 4 rings (SSSR count). The number of anilines is 1. The van der Waals surface area contributed by atoms with Gasteiger partial charge in [0.05, 0.1) is 25.0 Å². The second-order valence-corrected chi connectivity index (χ2v) is 6.42. The highest BCUT2D eigenvalue weighted by Gasteiger charge is 2.25. The standard InChI is InChI=1S/C19H20N6/c1-20-25-9-5-15(6-10-25)24(2)16-11-17-18(13-23-19(17)22-12-16)14-3-7-21-8-4-14/h3-4,7-8,11-13,15H,5-6,9-10H2,2H3,(H,22,23). The van der Waals surface area contributed by atoms with E-state index in [2.05, 4.69) is 37.9 Å². The summed E-state index contributed by atoms with van der Waals surface area (Å²) in [7, 11) is 2.12. The monoisotopic (exact) mass is 332 g/mol. The molecule has 1 aliphatic heterocycles. The molecule has 25 heavy (non-hydrogen) atoms. The van der Waals surface area contributed by atoms with E-state index in [0.717, 1.165) is 53.8 Å². The molecule has 0 aromatic carbocycles. The van der Waals surface area contributed by atoms with Crippen molar-refractivity contribution in [2.24, 2.45) is 0 Å². The van der Waals surface area contributed by atoms with Crippen LogP contribution in [0.25, 0.3) is 27.1 Å². The summed E-state index contributed by atoms with van der Waals surface area (Å²) in [6.07, 6.45) is 9.55. The van der Waals surface area contributed by atoms with Gasteiger partial charge in [-0.1, -0.05) is 0 Å². The number of hydrogen-bond acceptors (Lipinski definition) is 4. The summed E-state index contributed by atoms with van der Waals surface area (Å²) >= 11 is 0. The van der Waals surface area contributed by atoms with E-state index in [1.54, 1.807) is 0 Å². The van der Waals surface area contributed by atoms with E-state index < -0.39 is 0 Å². The van der Waals surface area contributed by atoms with Crippen LogP contribution in [0, 0.1) is 6.57 Å². The summed E-state index contributed by atoms with van der Waals surface area (Å²) in [6, 6.07) is 6.68. The summed E-state index contributed by atoms with van der Waals surface area (Å²) in [5.41, 5.74) is 4.28. The first-order valence-electron chi connectivity index (χ1n) is 8.49. The van der Waals surface area contributed by atoms with E-state index in [1.165, 1.54) is 0 Å². The quantitative estimate of drug-likeness (QED) is 0.747. The molecule has 0 atom stereocenters. The van der Waals surface area contributed by atoms with E-state index in [0.29, 0.717) is 6.04 Å². The van der Waals surface area contributed by atoms with Gasteiger partial charge < -0.3 is 9.88 Å². The minimum Gasteiger partial charge on any atom is -0.370 e. The lowest BCUT2D eigenvalue weighted by atomic mass is 10.0. The maximum Gasteiger partial charge on any atom is 0.138 e. The smallest absolute Gasteiger partial charge is 0.138 e. The lowest BCUT2D eigenvalue weighted by Gasteiger charge is -2.33. The van der Waals surface area contributed by atoms with Crippen molar-refractivity contribution >= 4 is 16.7 Å². The normalized spacial score (nSPS) is 15.3. The number of nitrogens with one attached hydrogen (secondary N) is 1. The number of pyridine rings is 2. The molecule has 0 amide bonds. The molecule has 6 nitrogen and oxygen atoms in total. The molecule has 1 aliphatic rings. The van der Waals surface area contributed by atoms with E-state index >= 15 is 0 Å². The second-order valence-electron chi connectivity index (χ2n) is 6.42. The molecule has 3 aromatic heterocycles. The first-order chi connectivity index (χ1) is 12.3. The van der Waals surface area contributed by atoms with Gasteiger partial charge in [0.25, 0.3) is 0 Å². The third kappa shape index (κ3) is 2.89. The molecule has 0 spiro atoms. The molecule has 0 bridgehead atoms. The van der Waals surface area contributed by atoms with Gasteiger partial charge in [-0.25, -0.2) is 4.98 Å². The number of aromatic amines is 1. The molecule has 0 saturated carbocycles. The predicted molar refractivity (Wildman–Crippen MR) is 98.9 cm³/mol. The fourth-order valence-corrected chi connectivity index (χ4v) is 3.51. The summed E-state index contributed by atoms with van der Waals surface area (Å²) < 4.78 is 0. The zero-order valence-corrected chi connectivity index (χ0v) is 14.2. The van der Waals surface area contributed by atoms with Crippen LogP contribution in [0.3, 0.4) is 0 Å². The summed E-state index contributed by atoms with van der Waals surface area (Å²) in [4.78, 5) is 17.8. The van der Waals surface area contributed by atoms with Gasteiger partial charge in [-0.05, 0) is 36.6 Å². The average Bonchev–Trinajstić information content (AvgIpc) is 3.11. The van der Waals surface area contributed by atoms with Gasteiger partial charge in [-0.3, -0.25) is 4.98 Å². The summed E-state index contributed by atoms with van der Waals surface area (Å²) in [5.74, 6) is 0. The van der Waals surface area contributed by atoms with Crippen molar-refractivity contribution in [3.05, 3.63) is 54.5 Å². The van der Waals surface area contributed by atoms with Gasteiger partial charge in [-0.2, -0.15) is 11.5 Å². The van der Waals surface area contributed by atoms with Crippen molar-refractivity contribution in [1.29, 1.82) is 0 Å². The SMILES string of the molecule is [C-]#[N+]N1CCC(N(C)c2cnc3[nH]cc(-c4ccncc4)c3c2)CC1. The molecule has 1 fully saturated rings. The zero-order valence-electron chi connectivity index (χ0n) is 14.2. The topological polar surface area (TPSA) is 52.4 Å². The third-order valence-corrected chi connectivity index (χ3v) is 5.05. The van der Waals surface area contributed by atoms with Gasteiger partial charge in [0.15, 0.2) is 0 Å². The van der Waals surface area contributed by atoms with Crippen LogP contribution in [0.5, 0.6) is 0 Å². The van der Waals surface area contributed by atoms with Crippen LogP contribution in [-0.4, -0.2) is 46.1 Å². The van der Waals surface area contributed by atoms with E-state index in [9.17, 15) is 0 Å². The fourth-order valence-electron chi connectivity index (χ4n) is 3.51. The van der Waals surface area contributed by atoms with Gasteiger partial charge in [0, 0.05) is 42.6 Å². The molecule has 3 aromatic rings. The first kappa shape index (κ1) is 15.5. The molecule has 0 aliphatic carbocycles. The van der Waals surface area contributed by atoms with Gasteiger partial charge in [0.2, 0.25) is 0 Å². The van der Waals surface area contributed by atoms with Crippen LogP contribution in [0.2, 0.25) is 0 Å². The van der Waals surface area contributed by atoms with E-state index in [-0.39, 0.29) is 0 Å². The molecule has 0 unspecified atom stereocenters. The Hall–Kier alpha value is -3.07. The number of H-pyrrole nitrogens is 1. The minimum atomic E-state index is 0.445. The number of aromatic nitrogens is 3. The maximum absolute atomic E-state index is 7.13. The molecule has 4 heterocycles. The third-order valence-electron chi connectivity index (χ3n) is 5.05. The van der Waals surface area contributed by atoms with Gasteiger partial charge in [0.1, 0.15) is 5.65 Å². The van der Waals surface area contributed by atoms with Gasteiger partial charge in [-0.15, -0.1) is 5.01 Å². The maximum atomic E-state index is 7.13. The first-order valence-corrected chi connectivity index (χ1v) is 8.49. The van der Waals surface area contributed by atoms with Crippen molar-refractivity contribution in [3.8, 4) is 11.1 Å². The van der Waals surface area contributed by atoms with Crippen molar-refractivity contribution in [2.45, 2.75) is 18.9 Å². The highest BCUT2D eigenvalue weighted by Crippen LogP contribution is 2.31. The Balaban J connectivity index is 1.64. The molecule has 1 N–H and O–H groups in total. The molecule has 6 heteroatoms. The Morgan fingerprint density at radius 3 is 2.76 bits per heavy atom. The van der Waals surface area contributed by atoms with Crippen LogP contribution < -0.4 is 4.90 Å². The lowest BCUT2D eigenvalue weighted by Crippen LogP contribution is -2.41. The molecule has 126 valence electrons. The average molecular weight is 332 g/mol. The van der Waals surface area contributed by atoms with Crippen LogP contribution >= 0.6 is 0 Å². The highest BCUT2D eigenvalue weighted by molar-refractivity contribution is 5.95. The van der Waals surface area contributed by atoms with Crippen molar-refractivity contribution in [2.75, 3.05) is 25.0 Å². The largest absolute Gasteiger partial charge is 0.370 e. The number of hydrogen-bond donors (Lipinski definition) is 1. The highest BCUT2D eigenvalue weighted by atomic mass is 15.4.